The van der Waals surface area contributed by atoms with Gasteiger partial charge >= 0.3 is 0 Å². The van der Waals surface area contributed by atoms with Gasteiger partial charge in [0.2, 0.25) is 5.88 Å². The molecule has 1 aliphatic heterocycles. The molecule has 0 spiro atoms. The minimum Gasteiger partial charge on any atom is -0.439 e. The third kappa shape index (κ3) is 2.47. The number of ether oxygens (including phenoxy) is 1. The van der Waals surface area contributed by atoms with E-state index in [9.17, 15) is 0 Å². The fraction of sp³-hybridized carbons (Fsp3) is 0.333. The zero-order valence-corrected chi connectivity index (χ0v) is 13.7. The van der Waals surface area contributed by atoms with Crippen LogP contribution in [0.3, 0.4) is 0 Å². The van der Waals surface area contributed by atoms with Gasteiger partial charge in [0.1, 0.15) is 12.1 Å². The number of likely N-dealkylation sites (N-methyl/N-ethyl adjacent to an activating group) is 1. The summed E-state index contributed by atoms with van der Waals surface area (Å²) in [6.45, 7) is 3.06. The van der Waals surface area contributed by atoms with Crippen molar-refractivity contribution in [1.29, 1.82) is 0 Å². The standard InChI is InChI=1S/C18H20N4O/c1-12-8-15-16(10-22(12)3)19-11-20-18(15)23-14-4-5-17-13(9-14)6-7-21(17)2/h4-7,9,11-12H,8,10H2,1-3H3/t12-/m0/s1. The molecule has 0 fully saturated rings. The van der Waals surface area contributed by atoms with Crippen molar-refractivity contribution in [2.24, 2.45) is 7.05 Å². The summed E-state index contributed by atoms with van der Waals surface area (Å²) >= 11 is 0. The Morgan fingerprint density at radius 3 is 2.91 bits per heavy atom. The van der Waals surface area contributed by atoms with E-state index in [1.165, 1.54) is 10.9 Å². The second-order valence-corrected chi connectivity index (χ2v) is 6.32. The Morgan fingerprint density at radius 2 is 2.04 bits per heavy atom. The molecule has 1 aliphatic rings. The third-order valence-corrected chi connectivity index (χ3v) is 4.72. The fourth-order valence-corrected chi connectivity index (χ4v) is 3.14. The highest BCUT2D eigenvalue weighted by Crippen LogP contribution is 2.31. The lowest BCUT2D eigenvalue weighted by atomic mass is 10.0. The van der Waals surface area contributed by atoms with E-state index in [2.05, 4.69) is 57.8 Å². The summed E-state index contributed by atoms with van der Waals surface area (Å²) in [7, 11) is 4.17. The summed E-state index contributed by atoms with van der Waals surface area (Å²) in [5, 5.41) is 1.17. The lowest BCUT2D eigenvalue weighted by Crippen LogP contribution is -2.35. The van der Waals surface area contributed by atoms with Gasteiger partial charge in [-0.3, -0.25) is 4.90 Å². The molecule has 0 radical (unpaired) electrons. The molecule has 118 valence electrons. The van der Waals surface area contributed by atoms with Crippen molar-refractivity contribution < 1.29 is 4.74 Å². The van der Waals surface area contributed by atoms with Gasteiger partial charge in [-0.25, -0.2) is 9.97 Å². The Labute approximate surface area is 135 Å². The number of rotatable bonds is 2. The molecule has 0 saturated heterocycles. The molecule has 3 heterocycles. The van der Waals surface area contributed by atoms with E-state index < -0.39 is 0 Å². The van der Waals surface area contributed by atoms with Crippen LogP contribution in [-0.4, -0.2) is 32.5 Å². The van der Waals surface area contributed by atoms with E-state index in [0.29, 0.717) is 11.9 Å². The molecular formula is C18H20N4O. The van der Waals surface area contributed by atoms with Gasteiger partial charge in [-0.2, -0.15) is 0 Å². The fourth-order valence-electron chi connectivity index (χ4n) is 3.14. The van der Waals surface area contributed by atoms with Crippen molar-refractivity contribution in [1.82, 2.24) is 19.4 Å². The molecule has 0 amide bonds. The zero-order valence-electron chi connectivity index (χ0n) is 13.7. The van der Waals surface area contributed by atoms with Crippen LogP contribution in [0.4, 0.5) is 0 Å². The van der Waals surface area contributed by atoms with Gasteiger partial charge in [-0.15, -0.1) is 0 Å². The Morgan fingerprint density at radius 1 is 1.17 bits per heavy atom. The number of fused-ring (bicyclic) bond motifs is 2. The van der Waals surface area contributed by atoms with Crippen molar-refractivity contribution in [3.05, 3.63) is 48.0 Å². The monoisotopic (exact) mass is 308 g/mol. The van der Waals surface area contributed by atoms with Crippen LogP contribution in [0, 0.1) is 0 Å². The summed E-state index contributed by atoms with van der Waals surface area (Å²) in [5.41, 5.74) is 3.39. The summed E-state index contributed by atoms with van der Waals surface area (Å²) < 4.78 is 8.20. The van der Waals surface area contributed by atoms with Crippen molar-refractivity contribution in [3.63, 3.8) is 0 Å². The van der Waals surface area contributed by atoms with Crippen LogP contribution in [0.2, 0.25) is 0 Å². The molecule has 5 nitrogen and oxygen atoms in total. The maximum absolute atomic E-state index is 6.10. The first kappa shape index (κ1) is 14.2. The van der Waals surface area contributed by atoms with E-state index in [-0.39, 0.29) is 0 Å². The lowest BCUT2D eigenvalue weighted by Gasteiger charge is -2.31. The third-order valence-electron chi connectivity index (χ3n) is 4.72. The first-order valence-corrected chi connectivity index (χ1v) is 7.88. The zero-order chi connectivity index (χ0) is 16.0. The summed E-state index contributed by atoms with van der Waals surface area (Å²) in [6, 6.07) is 8.69. The quantitative estimate of drug-likeness (QED) is 0.729. The molecule has 2 aromatic heterocycles. The van der Waals surface area contributed by atoms with Crippen molar-refractivity contribution in [2.75, 3.05) is 7.05 Å². The SMILES string of the molecule is C[C@H]1Cc2c(ncnc2Oc2ccc3c(ccn3C)c2)CN1C. The van der Waals surface area contributed by atoms with E-state index >= 15 is 0 Å². The van der Waals surface area contributed by atoms with Gasteiger partial charge in [-0.1, -0.05) is 0 Å². The van der Waals surface area contributed by atoms with Crippen molar-refractivity contribution in [3.8, 4) is 11.6 Å². The molecular weight excluding hydrogens is 288 g/mol. The average Bonchev–Trinajstić information content (AvgIpc) is 2.90. The van der Waals surface area contributed by atoms with Gasteiger partial charge in [0, 0.05) is 42.3 Å². The summed E-state index contributed by atoms with van der Waals surface area (Å²) in [6.07, 6.45) is 4.56. The molecule has 0 N–H and O–H groups in total. The highest BCUT2D eigenvalue weighted by atomic mass is 16.5. The molecule has 0 unspecified atom stereocenters. The second-order valence-electron chi connectivity index (χ2n) is 6.32. The minimum atomic E-state index is 0.465. The molecule has 0 bridgehead atoms. The van der Waals surface area contributed by atoms with Crippen LogP contribution in [0.25, 0.3) is 10.9 Å². The van der Waals surface area contributed by atoms with Crippen LogP contribution >= 0.6 is 0 Å². The number of hydrogen-bond donors (Lipinski definition) is 0. The summed E-state index contributed by atoms with van der Waals surface area (Å²) in [4.78, 5) is 11.1. The van der Waals surface area contributed by atoms with E-state index in [4.69, 9.17) is 4.74 Å². The predicted octanol–water partition coefficient (Wildman–Crippen LogP) is 3.14. The van der Waals surface area contributed by atoms with Crippen molar-refractivity contribution >= 4 is 10.9 Å². The number of benzene rings is 1. The first-order valence-electron chi connectivity index (χ1n) is 7.88. The van der Waals surface area contributed by atoms with Crippen LogP contribution in [0.5, 0.6) is 11.6 Å². The minimum absolute atomic E-state index is 0.465. The maximum Gasteiger partial charge on any atom is 0.225 e. The van der Waals surface area contributed by atoms with E-state index in [1.807, 2.05) is 13.1 Å². The van der Waals surface area contributed by atoms with Gasteiger partial charge in [0.05, 0.1) is 5.69 Å². The number of aromatic nitrogens is 3. The molecule has 0 aliphatic carbocycles. The van der Waals surface area contributed by atoms with Gasteiger partial charge < -0.3 is 9.30 Å². The maximum atomic E-state index is 6.10. The highest BCUT2D eigenvalue weighted by Gasteiger charge is 2.24. The number of nitrogens with zero attached hydrogens (tertiary/aromatic N) is 4. The molecule has 3 aromatic rings. The van der Waals surface area contributed by atoms with Gasteiger partial charge in [-0.05, 0) is 44.7 Å². The van der Waals surface area contributed by atoms with Crippen LogP contribution in [0.15, 0.2) is 36.8 Å². The topological polar surface area (TPSA) is 43.2 Å². The molecule has 4 rings (SSSR count). The summed E-state index contributed by atoms with van der Waals surface area (Å²) in [5.74, 6) is 1.50. The van der Waals surface area contributed by atoms with Crippen LogP contribution in [-0.2, 0) is 20.0 Å². The molecule has 0 saturated carbocycles. The van der Waals surface area contributed by atoms with Crippen LogP contribution in [0.1, 0.15) is 18.2 Å². The predicted molar refractivity (Wildman–Crippen MR) is 89.7 cm³/mol. The largest absolute Gasteiger partial charge is 0.439 e. The smallest absolute Gasteiger partial charge is 0.225 e. The first-order chi connectivity index (χ1) is 11.1. The van der Waals surface area contributed by atoms with Crippen LogP contribution < -0.4 is 4.74 Å². The number of hydrogen-bond acceptors (Lipinski definition) is 4. The Kier molecular flexibility index (Phi) is 3.31. The van der Waals surface area contributed by atoms with E-state index in [1.54, 1.807) is 6.33 Å². The Bertz CT molecular complexity index is 871. The van der Waals surface area contributed by atoms with Crippen molar-refractivity contribution in [2.45, 2.75) is 25.9 Å². The van der Waals surface area contributed by atoms with Gasteiger partial charge in [0.25, 0.3) is 0 Å². The van der Waals surface area contributed by atoms with E-state index in [0.717, 1.165) is 30.0 Å². The lowest BCUT2D eigenvalue weighted by molar-refractivity contribution is 0.224. The highest BCUT2D eigenvalue weighted by molar-refractivity contribution is 5.81. The normalized spacial score (nSPS) is 18.1. The number of aryl methyl sites for hydroxylation is 1. The Hall–Kier alpha value is -2.40. The molecule has 23 heavy (non-hydrogen) atoms. The molecule has 1 aromatic carbocycles. The van der Waals surface area contributed by atoms with Gasteiger partial charge in [0.15, 0.2) is 0 Å². The molecule has 1 atom stereocenters. The molecule has 5 heteroatoms. The average molecular weight is 308 g/mol. The second kappa shape index (κ2) is 5.35. The Balaban J connectivity index is 1.69.